The Morgan fingerprint density at radius 3 is 1.40 bits per heavy atom. The molecule has 73 heavy (non-hydrogen) atoms. The lowest BCUT2D eigenvalue weighted by Gasteiger charge is -2.38. The zero-order valence-electron chi connectivity index (χ0n) is 38.8. The highest BCUT2D eigenvalue weighted by Crippen LogP contribution is 2.42. The predicted octanol–water partition coefficient (Wildman–Crippen LogP) is 6.93. The SMILES string of the molecule is N#Cc1ccc([C@H]2NC(=O)N(c3cccc(C(F)(F)F)c3)C3=C2C(=O)N(CCC[N+](CCCN)(CCCN2CC4=C(C2=O)[C@@H](c2ccc(C#N)cc2)NC(=O)N4c2cccc(C(F)(F)F)c2)CC(=O)O)C3)cc1. The molecule has 0 fully saturated rings. The van der Waals surface area contributed by atoms with Crippen molar-refractivity contribution in [1.29, 1.82) is 10.5 Å². The molecule has 2 atom stereocenters. The number of rotatable bonds is 17. The van der Waals surface area contributed by atoms with Gasteiger partial charge in [0, 0.05) is 32.4 Å². The molecule has 22 heteroatoms. The van der Waals surface area contributed by atoms with Gasteiger partial charge in [0.25, 0.3) is 11.8 Å². The normalized spacial score (nSPS) is 18.2. The van der Waals surface area contributed by atoms with E-state index in [0.717, 1.165) is 46.2 Å². The molecule has 8 rings (SSSR count). The second-order valence-electron chi connectivity index (χ2n) is 18.1. The highest BCUT2D eigenvalue weighted by molar-refractivity contribution is 6.08. The van der Waals surface area contributed by atoms with E-state index in [4.69, 9.17) is 5.73 Å². The molecule has 0 spiro atoms. The van der Waals surface area contributed by atoms with Crippen molar-refractivity contribution in [2.45, 2.75) is 43.7 Å². The standard InChI is InChI=1S/C51H46F6N10O6/c52-50(53,54)35-6-1-8-37(24-35)65-39-28-63(46(70)42(39)44(61-48(65)72)33-14-10-31(26-59)11-15-33)19-4-22-67(21-3-18-58,30-41(68)69)23-5-20-64-29-40-43(47(64)71)45(34-16-12-32(27-60)13-17-34)62-49(73)66(40)38-9-2-7-36(25-38)51(55,56)57/h1-2,6-17,24-25,44-45H,3-5,18-23,28-30,58H2,(H2-,61,62,68,69,72,73)/p+1/t44-,45-/m1/s1. The molecule has 4 aromatic rings. The number of anilines is 2. The van der Waals surface area contributed by atoms with Crippen molar-refractivity contribution in [2.75, 3.05) is 68.7 Å². The van der Waals surface area contributed by atoms with E-state index in [1.54, 1.807) is 24.3 Å². The minimum atomic E-state index is -4.74. The van der Waals surface area contributed by atoms with Gasteiger partial charge in [-0.1, -0.05) is 36.4 Å². The predicted molar refractivity (Wildman–Crippen MR) is 250 cm³/mol. The maximum Gasteiger partial charge on any atom is 0.416 e. The number of nitrogens with two attached hydrogens (primary N) is 1. The first kappa shape index (κ1) is 51.2. The van der Waals surface area contributed by atoms with Gasteiger partial charge in [-0.15, -0.1) is 0 Å². The monoisotopic (exact) mass is 1010 g/mol. The van der Waals surface area contributed by atoms with Crippen LogP contribution >= 0.6 is 0 Å². The van der Waals surface area contributed by atoms with E-state index in [2.05, 4.69) is 10.6 Å². The van der Waals surface area contributed by atoms with E-state index in [1.165, 1.54) is 46.2 Å². The summed E-state index contributed by atoms with van der Waals surface area (Å²) in [6, 6.07) is 21.0. The Hall–Kier alpha value is -8.21. The zero-order chi connectivity index (χ0) is 52.4. The highest BCUT2D eigenvalue weighted by atomic mass is 19.4. The first-order valence-corrected chi connectivity index (χ1v) is 23.1. The maximum absolute atomic E-state index is 14.5. The van der Waals surface area contributed by atoms with Gasteiger partial charge in [0.15, 0.2) is 6.54 Å². The number of aliphatic carboxylic acids is 1. The second-order valence-corrected chi connectivity index (χ2v) is 18.1. The molecule has 0 saturated carbocycles. The number of quaternary nitrogens is 1. The third-order valence-electron chi connectivity index (χ3n) is 13.4. The summed E-state index contributed by atoms with van der Waals surface area (Å²) in [7, 11) is 0. The van der Waals surface area contributed by atoms with Crippen LogP contribution in [-0.4, -0.2) is 108 Å². The summed E-state index contributed by atoms with van der Waals surface area (Å²) < 4.78 is 83.3. The van der Waals surface area contributed by atoms with E-state index >= 15 is 0 Å². The fourth-order valence-corrected chi connectivity index (χ4v) is 10.0. The number of carboxylic acid groups (broad SMARTS) is 1. The molecular weight excluding hydrogens is 963 g/mol. The number of carbonyl (C=O) groups excluding carboxylic acids is 4. The van der Waals surface area contributed by atoms with E-state index < -0.39 is 65.4 Å². The van der Waals surface area contributed by atoms with E-state index in [9.17, 15) is 65.9 Å². The van der Waals surface area contributed by atoms with Crippen molar-refractivity contribution < 1.29 is 59.9 Å². The van der Waals surface area contributed by atoms with Gasteiger partial charge in [-0.3, -0.25) is 19.4 Å². The number of halogens is 6. The Bertz CT molecular complexity index is 2810. The minimum absolute atomic E-state index is 0.0309. The van der Waals surface area contributed by atoms with Crippen molar-refractivity contribution in [1.82, 2.24) is 20.4 Å². The van der Waals surface area contributed by atoms with Crippen LogP contribution in [0.1, 0.15) is 64.7 Å². The van der Waals surface area contributed by atoms with Crippen molar-refractivity contribution in [2.24, 2.45) is 5.73 Å². The zero-order valence-corrected chi connectivity index (χ0v) is 38.8. The van der Waals surface area contributed by atoms with Crippen LogP contribution in [0.3, 0.4) is 0 Å². The van der Waals surface area contributed by atoms with Crippen LogP contribution in [0.25, 0.3) is 0 Å². The van der Waals surface area contributed by atoms with Gasteiger partial charge >= 0.3 is 30.4 Å². The lowest BCUT2D eigenvalue weighted by molar-refractivity contribution is -0.921. The average Bonchev–Trinajstić information content (AvgIpc) is 3.86. The smallest absolute Gasteiger partial charge is 0.416 e. The largest absolute Gasteiger partial charge is 0.477 e. The lowest BCUT2D eigenvalue weighted by Crippen LogP contribution is -2.54. The summed E-state index contributed by atoms with van der Waals surface area (Å²) in [5.74, 6) is -2.18. The summed E-state index contributed by atoms with van der Waals surface area (Å²) >= 11 is 0. The molecule has 378 valence electrons. The van der Waals surface area contributed by atoms with Crippen LogP contribution in [0.2, 0.25) is 0 Å². The number of carbonyl (C=O) groups is 5. The van der Waals surface area contributed by atoms with Crippen molar-refractivity contribution in [3.8, 4) is 12.1 Å². The summed E-state index contributed by atoms with van der Waals surface area (Å²) in [4.78, 5) is 74.2. The van der Waals surface area contributed by atoms with Gasteiger partial charge < -0.3 is 35.8 Å². The number of hydrogen-bond acceptors (Lipinski definition) is 8. The molecule has 16 nitrogen and oxygen atoms in total. The van der Waals surface area contributed by atoms with Crippen molar-refractivity contribution >= 4 is 41.2 Å². The number of amides is 6. The van der Waals surface area contributed by atoms with Crippen LogP contribution in [0.15, 0.2) is 120 Å². The molecule has 0 aromatic heterocycles. The number of benzene rings is 4. The minimum Gasteiger partial charge on any atom is -0.477 e. The topological polar surface area (TPSA) is 216 Å². The fourth-order valence-electron chi connectivity index (χ4n) is 10.0. The van der Waals surface area contributed by atoms with Gasteiger partial charge in [0.05, 0.1) is 113 Å². The Balaban J connectivity index is 1.02. The molecule has 5 N–H and O–H groups in total. The molecule has 4 aliphatic heterocycles. The van der Waals surface area contributed by atoms with Crippen LogP contribution in [0, 0.1) is 22.7 Å². The van der Waals surface area contributed by atoms with Crippen molar-refractivity contribution in [3.05, 3.63) is 153 Å². The Kier molecular flexibility index (Phi) is 14.4. The average molecular weight is 1010 g/mol. The number of urea groups is 2. The van der Waals surface area contributed by atoms with Crippen LogP contribution in [0.4, 0.5) is 47.3 Å². The summed E-state index contributed by atoms with van der Waals surface area (Å²) in [6.07, 6.45) is -8.67. The van der Waals surface area contributed by atoms with Gasteiger partial charge in [-0.25, -0.2) is 14.4 Å². The summed E-state index contributed by atoms with van der Waals surface area (Å²) in [6.45, 7) is 0.161. The van der Waals surface area contributed by atoms with Gasteiger partial charge in [0.1, 0.15) is 0 Å². The second kappa shape index (κ2) is 20.5. The number of carboxylic acids is 1. The number of hydrogen-bond donors (Lipinski definition) is 4. The van der Waals surface area contributed by atoms with Crippen LogP contribution in [-0.2, 0) is 26.7 Å². The molecule has 0 unspecified atom stereocenters. The van der Waals surface area contributed by atoms with Crippen molar-refractivity contribution in [3.63, 3.8) is 0 Å². The quantitative estimate of drug-likeness (QED) is 0.0636. The first-order chi connectivity index (χ1) is 34.7. The number of nitrogens with one attached hydrogen (secondary N) is 2. The molecule has 0 radical (unpaired) electrons. The first-order valence-electron chi connectivity index (χ1n) is 23.1. The molecule has 0 saturated heterocycles. The Morgan fingerprint density at radius 2 is 1.04 bits per heavy atom. The van der Waals surface area contributed by atoms with Crippen LogP contribution in [0.5, 0.6) is 0 Å². The van der Waals surface area contributed by atoms with E-state index in [0.29, 0.717) is 28.7 Å². The van der Waals surface area contributed by atoms with Gasteiger partial charge in [0.2, 0.25) is 0 Å². The molecule has 4 heterocycles. The highest BCUT2D eigenvalue weighted by Gasteiger charge is 2.47. The number of nitriles is 2. The molecule has 4 aromatic carbocycles. The molecule has 0 bridgehead atoms. The van der Waals surface area contributed by atoms with Gasteiger partial charge in [-0.2, -0.15) is 36.9 Å². The molecular formula is C51H47F6N10O6+. The lowest BCUT2D eigenvalue weighted by atomic mass is 9.94. The molecule has 0 aliphatic carbocycles. The third kappa shape index (κ3) is 10.6. The maximum atomic E-state index is 14.5. The number of nitrogens with zero attached hydrogens (tertiary/aromatic N) is 7. The van der Waals surface area contributed by atoms with E-state index in [1.807, 2.05) is 12.1 Å². The molecule has 4 aliphatic rings. The Labute approximate surface area is 414 Å². The van der Waals surface area contributed by atoms with Crippen LogP contribution < -0.4 is 26.2 Å². The van der Waals surface area contributed by atoms with Gasteiger partial charge in [-0.05, 0) is 78.3 Å². The third-order valence-corrected chi connectivity index (χ3v) is 13.4. The summed E-state index contributed by atoms with van der Waals surface area (Å²) in [5, 5.41) is 34.6. The molecule has 6 amide bonds. The Morgan fingerprint density at radius 1 is 0.644 bits per heavy atom. The number of alkyl halides is 6. The fraction of sp³-hybridized carbons (Fsp3) is 0.314. The summed E-state index contributed by atoms with van der Waals surface area (Å²) in [5.41, 5.74) is 5.69. The van der Waals surface area contributed by atoms with E-state index in [-0.39, 0.29) is 110 Å².